The van der Waals surface area contributed by atoms with E-state index in [0.717, 1.165) is 25.1 Å². The molecule has 1 saturated carbocycles. The number of carbonyl (C=O) groups is 2. The average molecular weight is 371 g/mol. The second-order valence-corrected chi connectivity index (χ2v) is 7.90. The molecule has 0 radical (unpaired) electrons. The fraction of sp³-hybridized carbons (Fsp3) is 0.550. The Morgan fingerprint density at radius 2 is 2.04 bits per heavy atom. The predicted molar refractivity (Wildman–Crippen MR) is 98.6 cm³/mol. The zero-order chi connectivity index (χ0) is 18.9. The molecule has 7 heteroatoms. The molecule has 144 valence electrons. The SMILES string of the molecule is CC1(OC(=O)N2C[C@@H]3[C@@H](CCNC(=O)/C=C/c4ccncc4)[C@@H]3C2)COC1. The highest BCUT2D eigenvalue weighted by Gasteiger charge is 2.56. The number of fused-ring (bicyclic) bond motifs is 1. The van der Waals surface area contributed by atoms with E-state index in [0.29, 0.717) is 37.5 Å². The molecule has 1 aliphatic carbocycles. The maximum atomic E-state index is 12.2. The van der Waals surface area contributed by atoms with Crippen molar-refractivity contribution in [2.75, 3.05) is 32.8 Å². The second kappa shape index (κ2) is 7.31. The second-order valence-electron chi connectivity index (χ2n) is 7.90. The van der Waals surface area contributed by atoms with E-state index in [1.54, 1.807) is 24.5 Å². The normalized spacial score (nSPS) is 27.7. The van der Waals surface area contributed by atoms with Crippen molar-refractivity contribution in [2.45, 2.75) is 18.9 Å². The van der Waals surface area contributed by atoms with E-state index in [1.807, 2.05) is 24.0 Å². The van der Waals surface area contributed by atoms with E-state index < -0.39 is 5.60 Å². The lowest BCUT2D eigenvalue weighted by atomic mass is 10.1. The van der Waals surface area contributed by atoms with Crippen LogP contribution in [0, 0.1) is 17.8 Å². The number of hydrogen-bond acceptors (Lipinski definition) is 5. The summed E-state index contributed by atoms with van der Waals surface area (Å²) in [4.78, 5) is 29.8. The Hall–Kier alpha value is -2.41. The number of amides is 2. The van der Waals surface area contributed by atoms with Crippen molar-refractivity contribution in [3.8, 4) is 0 Å². The molecule has 3 atom stereocenters. The Morgan fingerprint density at radius 3 is 2.67 bits per heavy atom. The van der Waals surface area contributed by atoms with Crippen molar-refractivity contribution in [2.24, 2.45) is 17.8 Å². The van der Waals surface area contributed by atoms with E-state index in [9.17, 15) is 9.59 Å². The Kier molecular flexibility index (Phi) is 4.86. The van der Waals surface area contributed by atoms with Gasteiger partial charge in [-0.1, -0.05) is 0 Å². The van der Waals surface area contributed by atoms with E-state index in [-0.39, 0.29) is 12.0 Å². The highest BCUT2D eigenvalue weighted by atomic mass is 16.6. The van der Waals surface area contributed by atoms with Crippen LogP contribution in [-0.2, 0) is 14.3 Å². The van der Waals surface area contributed by atoms with Gasteiger partial charge in [0.15, 0.2) is 5.60 Å². The van der Waals surface area contributed by atoms with Crippen molar-refractivity contribution >= 4 is 18.1 Å². The fourth-order valence-corrected chi connectivity index (χ4v) is 4.02. The van der Waals surface area contributed by atoms with E-state index in [1.165, 1.54) is 0 Å². The third-order valence-electron chi connectivity index (χ3n) is 5.69. The first-order chi connectivity index (χ1) is 13.0. The Bertz CT molecular complexity index is 720. The molecule has 1 N–H and O–H groups in total. The van der Waals surface area contributed by atoms with Gasteiger partial charge in [-0.25, -0.2) is 4.79 Å². The number of likely N-dealkylation sites (tertiary alicyclic amines) is 1. The summed E-state index contributed by atoms with van der Waals surface area (Å²) in [6.07, 6.45) is 7.46. The highest BCUT2D eigenvalue weighted by molar-refractivity contribution is 5.91. The van der Waals surface area contributed by atoms with E-state index >= 15 is 0 Å². The summed E-state index contributed by atoms with van der Waals surface area (Å²) >= 11 is 0. The lowest BCUT2D eigenvalue weighted by molar-refractivity contribution is -0.171. The molecule has 0 unspecified atom stereocenters. The fourth-order valence-electron chi connectivity index (χ4n) is 4.02. The summed E-state index contributed by atoms with van der Waals surface area (Å²) in [5.41, 5.74) is 0.503. The van der Waals surface area contributed by atoms with Crippen LogP contribution in [0.5, 0.6) is 0 Å². The quantitative estimate of drug-likeness (QED) is 0.770. The van der Waals surface area contributed by atoms with Crippen LogP contribution >= 0.6 is 0 Å². The van der Waals surface area contributed by atoms with Crippen LogP contribution in [0.4, 0.5) is 4.79 Å². The minimum Gasteiger partial charge on any atom is -0.438 e. The van der Waals surface area contributed by atoms with Gasteiger partial charge in [0.2, 0.25) is 5.91 Å². The van der Waals surface area contributed by atoms with Gasteiger partial charge in [0.25, 0.3) is 0 Å². The van der Waals surface area contributed by atoms with Crippen LogP contribution in [0.25, 0.3) is 6.08 Å². The van der Waals surface area contributed by atoms with Crippen LogP contribution < -0.4 is 5.32 Å². The summed E-state index contributed by atoms with van der Waals surface area (Å²) in [6, 6.07) is 3.70. The molecule has 2 amide bonds. The first-order valence-corrected chi connectivity index (χ1v) is 9.46. The summed E-state index contributed by atoms with van der Waals surface area (Å²) in [5, 5.41) is 2.93. The topological polar surface area (TPSA) is 80.8 Å². The molecule has 3 aliphatic rings. The molecule has 1 aromatic heterocycles. The van der Waals surface area contributed by atoms with Gasteiger partial charge in [0.1, 0.15) is 0 Å². The molecule has 0 spiro atoms. The molecule has 3 heterocycles. The summed E-state index contributed by atoms with van der Waals surface area (Å²) in [5.74, 6) is 1.61. The third-order valence-corrected chi connectivity index (χ3v) is 5.69. The van der Waals surface area contributed by atoms with Crippen LogP contribution in [0.2, 0.25) is 0 Å². The summed E-state index contributed by atoms with van der Waals surface area (Å²) < 4.78 is 10.6. The number of hydrogen-bond donors (Lipinski definition) is 1. The monoisotopic (exact) mass is 371 g/mol. The lowest BCUT2D eigenvalue weighted by Crippen LogP contribution is -2.52. The molecule has 0 aromatic carbocycles. The largest absolute Gasteiger partial charge is 0.438 e. The van der Waals surface area contributed by atoms with Crippen molar-refractivity contribution in [1.29, 1.82) is 0 Å². The molecule has 4 rings (SSSR count). The molecule has 2 aliphatic heterocycles. The molecule has 27 heavy (non-hydrogen) atoms. The molecular weight excluding hydrogens is 346 g/mol. The van der Waals surface area contributed by atoms with E-state index in [4.69, 9.17) is 9.47 Å². The minimum absolute atomic E-state index is 0.0845. The van der Waals surface area contributed by atoms with Crippen molar-refractivity contribution in [1.82, 2.24) is 15.2 Å². The number of nitrogens with one attached hydrogen (secondary N) is 1. The van der Waals surface area contributed by atoms with Gasteiger partial charge in [-0.2, -0.15) is 0 Å². The van der Waals surface area contributed by atoms with Gasteiger partial charge < -0.3 is 19.7 Å². The van der Waals surface area contributed by atoms with Gasteiger partial charge in [-0.15, -0.1) is 0 Å². The van der Waals surface area contributed by atoms with Gasteiger partial charge in [0, 0.05) is 38.1 Å². The Morgan fingerprint density at radius 1 is 1.33 bits per heavy atom. The third kappa shape index (κ3) is 4.13. The molecule has 2 saturated heterocycles. The van der Waals surface area contributed by atoms with Gasteiger partial charge >= 0.3 is 6.09 Å². The van der Waals surface area contributed by atoms with Crippen molar-refractivity contribution in [3.63, 3.8) is 0 Å². The molecule has 1 aromatic rings. The zero-order valence-corrected chi connectivity index (χ0v) is 15.5. The number of pyridine rings is 1. The number of carbonyl (C=O) groups excluding carboxylic acids is 2. The maximum absolute atomic E-state index is 12.2. The van der Waals surface area contributed by atoms with Gasteiger partial charge in [0.05, 0.1) is 13.2 Å². The van der Waals surface area contributed by atoms with Crippen LogP contribution in [0.15, 0.2) is 30.6 Å². The number of piperidine rings is 1. The van der Waals surface area contributed by atoms with Gasteiger partial charge in [-0.05, 0) is 54.9 Å². The van der Waals surface area contributed by atoms with Crippen LogP contribution in [0.3, 0.4) is 0 Å². The standard InChI is InChI=1S/C20H25N3O4/c1-20(12-26-13-20)27-19(25)23-10-16-15(17(16)11-23)6-9-22-18(24)3-2-14-4-7-21-8-5-14/h2-5,7-8,15-17H,6,9-13H2,1H3,(H,22,24)/b3-2+/t15-,16-,17+. The smallest absolute Gasteiger partial charge is 0.410 e. The number of nitrogens with zero attached hydrogens (tertiary/aromatic N) is 2. The first-order valence-electron chi connectivity index (χ1n) is 9.46. The van der Waals surface area contributed by atoms with Crippen molar-refractivity contribution in [3.05, 3.63) is 36.2 Å². The van der Waals surface area contributed by atoms with Crippen molar-refractivity contribution < 1.29 is 19.1 Å². The average Bonchev–Trinajstić information content (AvgIpc) is 3.09. The van der Waals surface area contributed by atoms with Crippen LogP contribution in [0.1, 0.15) is 18.9 Å². The van der Waals surface area contributed by atoms with Crippen LogP contribution in [-0.4, -0.2) is 60.3 Å². The Balaban J connectivity index is 1.13. The molecular formula is C20H25N3O4. The minimum atomic E-state index is -0.447. The van der Waals surface area contributed by atoms with Gasteiger partial charge in [-0.3, -0.25) is 9.78 Å². The number of aromatic nitrogens is 1. The molecule has 7 nitrogen and oxygen atoms in total. The lowest BCUT2D eigenvalue weighted by Gasteiger charge is -2.38. The Labute approximate surface area is 158 Å². The molecule has 0 bridgehead atoms. The number of rotatable bonds is 6. The highest BCUT2D eigenvalue weighted by Crippen LogP contribution is 2.53. The first kappa shape index (κ1) is 18.0. The zero-order valence-electron chi connectivity index (χ0n) is 15.5. The molecule has 3 fully saturated rings. The number of ether oxygens (including phenoxy) is 2. The maximum Gasteiger partial charge on any atom is 0.410 e. The van der Waals surface area contributed by atoms with E-state index in [2.05, 4.69) is 10.3 Å². The summed E-state index contributed by atoms with van der Waals surface area (Å²) in [7, 11) is 0. The summed E-state index contributed by atoms with van der Waals surface area (Å²) in [6.45, 7) is 5.06. The predicted octanol–water partition coefficient (Wildman–Crippen LogP) is 1.70.